The molecule has 4 nitrogen and oxygen atoms in total. The monoisotopic (exact) mass is 248 g/mol. The molecule has 1 aliphatic rings. The lowest BCUT2D eigenvalue weighted by atomic mass is 10.1. The summed E-state index contributed by atoms with van der Waals surface area (Å²) >= 11 is 0. The number of rotatable bonds is 8. The molecule has 100 valence electrons. The highest BCUT2D eigenvalue weighted by Gasteiger charge is 2.20. The van der Waals surface area contributed by atoms with Gasteiger partial charge in [-0.3, -0.25) is 0 Å². The highest BCUT2D eigenvalue weighted by Crippen LogP contribution is 2.33. The van der Waals surface area contributed by atoms with Crippen LogP contribution in [0.4, 0.5) is 11.6 Å². The molecule has 1 heterocycles. The molecular formula is C14H24N4. The van der Waals surface area contributed by atoms with E-state index in [-0.39, 0.29) is 0 Å². The minimum atomic E-state index is 0.955. The number of hydrogen-bond acceptors (Lipinski definition) is 4. The summed E-state index contributed by atoms with van der Waals surface area (Å²) in [6.07, 6.45) is 9.25. The number of aromatic nitrogens is 2. The van der Waals surface area contributed by atoms with Crippen LogP contribution in [0.15, 0.2) is 6.33 Å². The van der Waals surface area contributed by atoms with Crippen LogP contribution in [0.3, 0.4) is 0 Å². The Morgan fingerprint density at radius 3 is 2.72 bits per heavy atom. The van der Waals surface area contributed by atoms with Gasteiger partial charge in [0.15, 0.2) is 0 Å². The van der Waals surface area contributed by atoms with E-state index in [2.05, 4.69) is 27.5 Å². The Morgan fingerprint density at radius 2 is 2.06 bits per heavy atom. The Kier molecular flexibility index (Phi) is 4.79. The zero-order valence-corrected chi connectivity index (χ0v) is 11.5. The maximum Gasteiger partial charge on any atom is 0.134 e. The van der Waals surface area contributed by atoms with Gasteiger partial charge < -0.3 is 10.6 Å². The topological polar surface area (TPSA) is 49.8 Å². The van der Waals surface area contributed by atoms with E-state index >= 15 is 0 Å². The number of nitrogens with zero attached hydrogens (tertiary/aromatic N) is 2. The first-order chi connectivity index (χ1) is 8.85. The second-order valence-electron chi connectivity index (χ2n) is 5.06. The summed E-state index contributed by atoms with van der Waals surface area (Å²) in [5.41, 5.74) is 1.22. The molecule has 1 aliphatic carbocycles. The van der Waals surface area contributed by atoms with Crippen LogP contribution in [-0.4, -0.2) is 23.6 Å². The van der Waals surface area contributed by atoms with E-state index < -0.39 is 0 Å². The number of anilines is 2. The quantitative estimate of drug-likeness (QED) is 0.694. The smallest absolute Gasteiger partial charge is 0.134 e. The van der Waals surface area contributed by atoms with E-state index in [0.717, 1.165) is 36.9 Å². The Labute approximate surface area is 110 Å². The van der Waals surface area contributed by atoms with Gasteiger partial charge >= 0.3 is 0 Å². The van der Waals surface area contributed by atoms with E-state index in [9.17, 15) is 0 Å². The SMILES string of the molecule is CCCc1c(NC)ncnc1NCCCC1CC1. The van der Waals surface area contributed by atoms with Crippen molar-refractivity contribution in [3.05, 3.63) is 11.9 Å². The van der Waals surface area contributed by atoms with Gasteiger partial charge in [-0.1, -0.05) is 26.2 Å². The number of nitrogens with one attached hydrogen (secondary N) is 2. The van der Waals surface area contributed by atoms with Crippen LogP contribution in [0.5, 0.6) is 0 Å². The van der Waals surface area contributed by atoms with Gasteiger partial charge in [-0.15, -0.1) is 0 Å². The van der Waals surface area contributed by atoms with Crippen molar-refractivity contribution in [2.75, 3.05) is 24.2 Å². The molecular weight excluding hydrogens is 224 g/mol. The van der Waals surface area contributed by atoms with E-state index in [1.54, 1.807) is 6.33 Å². The van der Waals surface area contributed by atoms with Crippen molar-refractivity contribution in [3.8, 4) is 0 Å². The average molecular weight is 248 g/mol. The molecule has 0 aliphatic heterocycles. The summed E-state index contributed by atoms with van der Waals surface area (Å²) in [5.74, 6) is 2.98. The second-order valence-corrected chi connectivity index (χ2v) is 5.06. The minimum absolute atomic E-state index is 0.955. The molecule has 0 atom stereocenters. The highest BCUT2D eigenvalue weighted by atomic mass is 15.1. The first-order valence-electron chi connectivity index (χ1n) is 7.10. The van der Waals surface area contributed by atoms with E-state index in [1.165, 1.54) is 31.2 Å². The lowest BCUT2D eigenvalue weighted by Crippen LogP contribution is -2.09. The fraction of sp³-hybridized carbons (Fsp3) is 0.714. The fourth-order valence-corrected chi connectivity index (χ4v) is 2.27. The van der Waals surface area contributed by atoms with Crippen molar-refractivity contribution in [1.29, 1.82) is 0 Å². The van der Waals surface area contributed by atoms with Crippen molar-refractivity contribution in [1.82, 2.24) is 9.97 Å². The predicted octanol–water partition coefficient (Wildman–Crippen LogP) is 3.07. The van der Waals surface area contributed by atoms with Gasteiger partial charge in [0.25, 0.3) is 0 Å². The third-order valence-corrected chi connectivity index (χ3v) is 3.46. The molecule has 0 saturated heterocycles. The summed E-state index contributed by atoms with van der Waals surface area (Å²) in [7, 11) is 1.92. The summed E-state index contributed by atoms with van der Waals surface area (Å²) in [6.45, 7) is 3.21. The van der Waals surface area contributed by atoms with E-state index in [1.807, 2.05) is 7.05 Å². The van der Waals surface area contributed by atoms with Crippen LogP contribution >= 0.6 is 0 Å². The predicted molar refractivity (Wildman–Crippen MR) is 76.0 cm³/mol. The van der Waals surface area contributed by atoms with Crippen molar-refractivity contribution in [2.24, 2.45) is 5.92 Å². The lowest BCUT2D eigenvalue weighted by molar-refractivity contribution is 0.686. The molecule has 0 radical (unpaired) electrons. The van der Waals surface area contributed by atoms with Gasteiger partial charge in [0.05, 0.1) is 0 Å². The van der Waals surface area contributed by atoms with Crippen LogP contribution in [0.2, 0.25) is 0 Å². The zero-order chi connectivity index (χ0) is 12.8. The molecule has 1 fully saturated rings. The lowest BCUT2D eigenvalue weighted by Gasteiger charge is -2.13. The molecule has 2 N–H and O–H groups in total. The molecule has 18 heavy (non-hydrogen) atoms. The molecule has 0 amide bonds. The molecule has 0 spiro atoms. The average Bonchev–Trinajstić information content (AvgIpc) is 3.20. The van der Waals surface area contributed by atoms with Crippen LogP contribution in [0.25, 0.3) is 0 Å². The van der Waals surface area contributed by atoms with Gasteiger partial charge in [-0.05, 0) is 25.2 Å². The van der Waals surface area contributed by atoms with Gasteiger partial charge in [0.1, 0.15) is 18.0 Å². The van der Waals surface area contributed by atoms with Gasteiger partial charge in [-0.2, -0.15) is 0 Å². The molecule has 1 aromatic heterocycles. The van der Waals surface area contributed by atoms with Crippen LogP contribution in [0.1, 0.15) is 44.6 Å². The van der Waals surface area contributed by atoms with Crippen LogP contribution in [-0.2, 0) is 6.42 Å². The molecule has 1 saturated carbocycles. The second kappa shape index (κ2) is 6.57. The third kappa shape index (κ3) is 3.59. The van der Waals surface area contributed by atoms with Crippen LogP contribution < -0.4 is 10.6 Å². The normalized spacial score (nSPS) is 14.6. The number of hydrogen-bond donors (Lipinski definition) is 2. The van der Waals surface area contributed by atoms with Gasteiger partial charge in [0, 0.05) is 19.2 Å². The molecule has 0 unspecified atom stereocenters. The summed E-state index contributed by atoms with van der Waals surface area (Å²) in [5, 5.41) is 6.61. The first-order valence-corrected chi connectivity index (χ1v) is 7.10. The Balaban J connectivity index is 1.91. The molecule has 0 bridgehead atoms. The van der Waals surface area contributed by atoms with Gasteiger partial charge in [0.2, 0.25) is 0 Å². The van der Waals surface area contributed by atoms with Crippen molar-refractivity contribution >= 4 is 11.6 Å². The summed E-state index contributed by atoms with van der Waals surface area (Å²) in [4.78, 5) is 8.66. The zero-order valence-electron chi connectivity index (χ0n) is 11.5. The molecule has 4 heteroatoms. The van der Waals surface area contributed by atoms with Crippen molar-refractivity contribution in [2.45, 2.75) is 45.4 Å². The first kappa shape index (κ1) is 13.1. The summed E-state index contributed by atoms with van der Waals surface area (Å²) < 4.78 is 0. The van der Waals surface area contributed by atoms with Crippen LogP contribution in [0, 0.1) is 5.92 Å². The highest BCUT2D eigenvalue weighted by molar-refractivity contribution is 5.57. The Bertz CT molecular complexity index is 374. The van der Waals surface area contributed by atoms with Gasteiger partial charge in [-0.25, -0.2) is 9.97 Å². The standard InChI is InChI=1S/C14H24N4/c1-3-5-12-13(15-2)17-10-18-14(12)16-9-4-6-11-7-8-11/h10-11H,3-9H2,1-2H3,(H2,15,16,17,18). The summed E-state index contributed by atoms with van der Waals surface area (Å²) in [6, 6.07) is 0. The van der Waals surface area contributed by atoms with E-state index in [4.69, 9.17) is 0 Å². The maximum atomic E-state index is 4.38. The third-order valence-electron chi connectivity index (χ3n) is 3.46. The molecule has 0 aromatic carbocycles. The Hall–Kier alpha value is -1.32. The van der Waals surface area contributed by atoms with Crippen molar-refractivity contribution in [3.63, 3.8) is 0 Å². The molecule has 2 rings (SSSR count). The fourth-order valence-electron chi connectivity index (χ4n) is 2.27. The van der Waals surface area contributed by atoms with E-state index in [0.29, 0.717) is 0 Å². The largest absolute Gasteiger partial charge is 0.373 e. The Morgan fingerprint density at radius 1 is 1.28 bits per heavy atom. The van der Waals surface area contributed by atoms with Crippen molar-refractivity contribution < 1.29 is 0 Å². The minimum Gasteiger partial charge on any atom is -0.373 e. The maximum absolute atomic E-state index is 4.38. The molecule has 1 aromatic rings.